The van der Waals surface area contributed by atoms with E-state index in [1.54, 1.807) is 24.4 Å². The first kappa shape index (κ1) is 14.8. The molecule has 1 N–H and O–H groups in total. The third-order valence-corrected chi connectivity index (χ3v) is 3.12. The smallest absolute Gasteiger partial charge is 0.255 e. The monoisotopic (exact) mass is 309 g/mol. The first-order valence-electron chi connectivity index (χ1n) is 6.18. The SMILES string of the molecule is CCCc1cc(C(=O)Nc2cccnc2Cl)cc(Cl)n1. The molecule has 0 fully saturated rings. The second kappa shape index (κ2) is 6.68. The number of nitrogens with one attached hydrogen (secondary N) is 1. The van der Waals surface area contributed by atoms with Crippen molar-refractivity contribution < 1.29 is 4.79 Å². The largest absolute Gasteiger partial charge is 0.319 e. The van der Waals surface area contributed by atoms with Crippen LogP contribution in [0, 0.1) is 0 Å². The van der Waals surface area contributed by atoms with Gasteiger partial charge >= 0.3 is 0 Å². The topological polar surface area (TPSA) is 54.9 Å². The molecule has 0 saturated heterocycles. The molecule has 0 bridgehead atoms. The van der Waals surface area contributed by atoms with Gasteiger partial charge in [0, 0.05) is 17.5 Å². The van der Waals surface area contributed by atoms with Crippen LogP contribution in [-0.2, 0) is 6.42 Å². The molecule has 1 amide bonds. The standard InChI is InChI=1S/C14H13Cl2N3O/c1-2-4-10-7-9(8-12(15)18-10)14(20)19-11-5-3-6-17-13(11)16/h3,5-8H,2,4H2,1H3,(H,19,20). The van der Waals surface area contributed by atoms with Gasteiger partial charge in [0.25, 0.3) is 5.91 Å². The first-order chi connectivity index (χ1) is 9.60. The molecule has 0 atom stereocenters. The Hall–Kier alpha value is -1.65. The molecule has 0 aromatic carbocycles. The quantitative estimate of drug-likeness (QED) is 0.869. The van der Waals surface area contributed by atoms with Gasteiger partial charge in [0.1, 0.15) is 5.15 Å². The van der Waals surface area contributed by atoms with E-state index in [9.17, 15) is 4.79 Å². The second-order valence-corrected chi connectivity index (χ2v) is 4.96. The van der Waals surface area contributed by atoms with E-state index in [0.29, 0.717) is 16.4 Å². The van der Waals surface area contributed by atoms with Crippen LogP contribution in [-0.4, -0.2) is 15.9 Å². The van der Waals surface area contributed by atoms with Gasteiger partial charge in [0.05, 0.1) is 5.69 Å². The van der Waals surface area contributed by atoms with E-state index < -0.39 is 0 Å². The number of aromatic nitrogens is 2. The van der Waals surface area contributed by atoms with Crippen LogP contribution in [0.1, 0.15) is 29.4 Å². The zero-order valence-electron chi connectivity index (χ0n) is 10.9. The van der Waals surface area contributed by atoms with Gasteiger partial charge in [-0.3, -0.25) is 4.79 Å². The van der Waals surface area contributed by atoms with Crippen LogP contribution >= 0.6 is 23.2 Å². The molecule has 0 radical (unpaired) electrons. The van der Waals surface area contributed by atoms with Crippen LogP contribution in [0.15, 0.2) is 30.5 Å². The van der Waals surface area contributed by atoms with Crippen molar-refractivity contribution >= 4 is 34.8 Å². The number of nitrogens with zero attached hydrogens (tertiary/aromatic N) is 2. The van der Waals surface area contributed by atoms with E-state index in [0.717, 1.165) is 18.5 Å². The number of carbonyl (C=O) groups is 1. The molecule has 2 aromatic rings. The molecule has 20 heavy (non-hydrogen) atoms. The van der Waals surface area contributed by atoms with Crippen molar-refractivity contribution in [3.63, 3.8) is 0 Å². The maximum Gasteiger partial charge on any atom is 0.255 e. The lowest BCUT2D eigenvalue weighted by Gasteiger charge is -2.08. The highest BCUT2D eigenvalue weighted by molar-refractivity contribution is 6.32. The summed E-state index contributed by atoms with van der Waals surface area (Å²) >= 11 is 11.8. The van der Waals surface area contributed by atoms with Crippen molar-refractivity contribution in [1.29, 1.82) is 0 Å². The highest BCUT2D eigenvalue weighted by Gasteiger charge is 2.11. The van der Waals surface area contributed by atoms with Crippen molar-refractivity contribution in [3.8, 4) is 0 Å². The fraction of sp³-hybridized carbons (Fsp3) is 0.214. The van der Waals surface area contributed by atoms with Crippen LogP contribution in [0.4, 0.5) is 5.69 Å². The number of halogens is 2. The van der Waals surface area contributed by atoms with Crippen LogP contribution in [0.3, 0.4) is 0 Å². The second-order valence-electron chi connectivity index (χ2n) is 4.22. The summed E-state index contributed by atoms with van der Waals surface area (Å²) in [6.45, 7) is 2.04. The first-order valence-corrected chi connectivity index (χ1v) is 6.94. The molecule has 0 aliphatic carbocycles. The number of anilines is 1. The molecule has 0 aliphatic rings. The minimum atomic E-state index is -0.290. The Balaban J connectivity index is 2.23. The third kappa shape index (κ3) is 3.68. The molecule has 2 rings (SSSR count). The van der Waals surface area contributed by atoms with E-state index >= 15 is 0 Å². The molecule has 2 heterocycles. The van der Waals surface area contributed by atoms with Gasteiger partial charge in [-0.25, -0.2) is 9.97 Å². The van der Waals surface area contributed by atoms with E-state index in [1.807, 2.05) is 6.92 Å². The average molecular weight is 310 g/mol. The summed E-state index contributed by atoms with van der Waals surface area (Å²) in [7, 11) is 0. The van der Waals surface area contributed by atoms with Crippen LogP contribution in [0.25, 0.3) is 0 Å². The number of aryl methyl sites for hydroxylation is 1. The zero-order valence-corrected chi connectivity index (χ0v) is 12.4. The van der Waals surface area contributed by atoms with Crippen molar-refractivity contribution in [1.82, 2.24) is 9.97 Å². The average Bonchev–Trinajstić information content (AvgIpc) is 2.41. The fourth-order valence-electron chi connectivity index (χ4n) is 1.74. The van der Waals surface area contributed by atoms with Gasteiger partial charge in [0.15, 0.2) is 5.15 Å². The van der Waals surface area contributed by atoms with Gasteiger partial charge in [-0.05, 0) is 30.7 Å². The minimum absolute atomic E-state index is 0.245. The number of hydrogen-bond acceptors (Lipinski definition) is 3. The lowest BCUT2D eigenvalue weighted by molar-refractivity contribution is 0.102. The molecule has 0 aliphatic heterocycles. The maximum atomic E-state index is 12.2. The number of amides is 1. The molecule has 104 valence electrons. The highest BCUT2D eigenvalue weighted by atomic mass is 35.5. The molecule has 6 heteroatoms. The molecule has 0 saturated carbocycles. The van der Waals surface area contributed by atoms with Crippen LogP contribution in [0.2, 0.25) is 10.3 Å². The molecular weight excluding hydrogens is 297 g/mol. The summed E-state index contributed by atoms with van der Waals surface area (Å²) in [6.07, 6.45) is 3.26. The Labute approximate surface area is 127 Å². The van der Waals surface area contributed by atoms with Gasteiger partial charge in [0.2, 0.25) is 0 Å². The summed E-state index contributed by atoms with van der Waals surface area (Å²) in [4.78, 5) is 20.3. The summed E-state index contributed by atoms with van der Waals surface area (Å²) in [5, 5.41) is 3.25. The molecular formula is C14H13Cl2N3O. The Bertz CT molecular complexity index is 632. The predicted molar refractivity (Wildman–Crippen MR) is 80.4 cm³/mol. The Morgan fingerprint density at radius 3 is 2.85 bits per heavy atom. The van der Waals surface area contributed by atoms with Gasteiger partial charge in [-0.2, -0.15) is 0 Å². The van der Waals surface area contributed by atoms with Gasteiger partial charge in [-0.15, -0.1) is 0 Å². The van der Waals surface area contributed by atoms with Crippen LogP contribution < -0.4 is 5.32 Å². The van der Waals surface area contributed by atoms with E-state index in [-0.39, 0.29) is 11.1 Å². The lowest BCUT2D eigenvalue weighted by atomic mass is 10.1. The summed E-state index contributed by atoms with van der Waals surface area (Å²) in [6, 6.07) is 6.64. The Morgan fingerprint density at radius 1 is 1.35 bits per heavy atom. The Morgan fingerprint density at radius 2 is 2.15 bits per heavy atom. The normalized spacial score (nSPS) is 10.3. The zero-order chi connectivity index (χ0) is 14.5. The summed E-state index contributed by atoms with van der Waals surface area (Å²) in [5.41, 5.74) is 1.71. The van der Waals surface area contributed by atoms with Crippen LogP contribution in [0.5, 0.6) is 0 Å². The van der Waals surface area contributed by atoms with Gasteiger partial charge < -0.3 is 5.32 Å². The third-order valence-electron chi connectivity index (χ3n) is 2.62. The lowest BCUT2D eigenvalue weighted by Crippen LogP contribution is -2.13. The fourth-order valence-corrected chi connectivity index (χ4v) is 2.13. The molecule has 0 spiro atoms. The van der Waals surface area contributed by atoms with Crippen molar-refractivity contribution in [2.75, 3.05) is 5.32 Å². The summed E-state index contributed by atoms with van der Waals surface area (Å²) in [5.74, 6) is -0.290. The van der Waals surface area contributed by atoms with Crippen molar-refractivity contribution in [2.45, 2.75) is 19.8 Å². The minimum Gasteiger partial charge on any atom is -0.319 e. The number of rotatable bonds is 4. The molecule has 0 unspecified atom stereocenters. The number of carbonyl (C=O) groups excluding carboxylic acids is 1. The Kier molecular flexibility index (Phi) is 4.93. The van der Waals surface area contributed by atoms with E-state index in [4.69, 9.17) is 23.2 Å². The van der Waals surface area contributed by atoms with E-state index in [1.165, 1.54) is 6.07 Å². The number of hydrogen-bond donors (Lipinski definition) is 1. The predicted octanol–water partition coefficient (Wildman–Crippen LogP) is 3.99. The van der Waals surface area contributed by atoms with Crippen molar-refractivity contribution in [2.24, 2.45) is 0 Å². The molecule has 2 aromatic heterocycles. The molecule has 4 nitrogen and oxygen atoms in total. The van der Waals surface area contributed by atoms with Crippen molar-refractivity contribution in [3.05, 3.63) is 52.0 Å². The highest BCUT2D eigenvalue weighted by Crippen LogP contribution is 2.19. The maximum absolute atomic E-state index is 12.2. The van der Waals surface area contributed by atoms with Gasteiger partial charge in [-0.1, -0.05) is 36.5 Å². The number of pyridine rings is 2. The summed E-state index contributed by atoms with van der Waals surface area (Å²) < 4.78 is 0. The van der Waals surface area contributed by atoms with E-state index in [2.05, 4.69) is 15.3 Å².